The first kappa shape index (κ1) is 10.7. The molecule has 17 heavy (non-hydrogen) atoms. The molecule has 4 nitrogen and oxygen atoms in total. The van der Waals surface area contributed by atoms with Gasteiger partial charge in [0, 0.05) is 32.0 Å². The Bertz CT molecular complexity index is 514. The molecule has 0 aromatic carbocycles. The van der Waals surface area contributed by atoms with Crippen molar-refractivity contribution in [3.05, 3.63) is 35.8 Å². The molecular formula is C13H17N3O. The zero-order valence-corrected chi connectivity index (χ0v) is 10.1. The van der Waals surface area contributed by atoms with Gasteiger partial charge in [-0.1, -0.05) is 6.07 Å². The van der Waals surface area contributed by atoms with Crippen molar-refractivity contribution in [2.45, 2.75) is 13.5 Å². The van der Waals surface area contributed by atoms with Gasteiger partial charge >= 0.3 is 0 Å². The summed E-state index contributed by atoms with van der Waals surface area (Å²) in [7, 11) is 0. The average molecular weight is 231 g/mol. The summed E-state index contributed by atoms with van der Waals surface area (Å²) in [6.07, 6.45) is 4.18. The van der Waals surface area contributed by atoms with E-state index in [1.165, 1.54) is 5.56 Å². The number of morpholine rings is 1. The van der Waals surface area contributed by atoms with Gasteiger partial charge in [0.25, 0.3) is 0 Å². The third-order valence-electron chi connectivity index (χ3n) is 3.22. The maximum atomic E-state index is 5.35. The maximum absolute atomic E-state index is 5.35. The van der Waals surface area contributed by atoms with Crippen molar-refractivity contribution in [3.8, 4) is 0 Å². The molecule has 1 fully saturated rings. The molecule has 2 aromatic rings. The van der Waals surface area contributed by atoms with E-state index >= 15 is 0 Å². The van der Waals surface area contributed by atoms with Gasteiger partial charge in [-0.25, -0.2) is 4.98 Å². The van der Waals surface area contributed by atoms with E-state index < -0.39 is 0 Å². The molecule has 1 saturated heterocycles. The van der Waals surface area contributed by atoms with E-state index in [-0.39, 0.29) is 0 Å². The molecule has 0 radical (unpaired) electrons. The van der Waals surface area contributed by atoms with Gasteiger partial charge in [-0.3, -0.25) is 4.90 Å². The highest BCUT2D eigenvalue weighted by Gasteiger charge is 2.12. The summed E-state index contributed by atoms with van der Waals surface area (Å²) in [6.45, 7) is 6.71. The lowest BCUT2D eigenvalue weighted by Gasteiger charge is -2.25. The molecule has 1 aliphatic heterocycles. The predicted octanol–water partition coefficient (Wildman–Crippen LogP) is 1.47. The zero-order valence-electron chi connectivity index (χ0n) is 10.1. The second-order valence-corrected chi connectivity index (χ2v) is 4.54. The highest BCUT2D eigenvalue weighted by Crippen LogP contribution is 2.12. The Morgan fingerprint density at radius 1 is 1.35 bits per heavy atom. The van der Waals surface area contributed by atoms with Crippen LogP contribution in [0.5, 0.6) is 0 Å². The second kappa shape index (κ2) is 4.47. The summed E-state index contributed by atoms with van der Waals surface area (Å²) < 4.78 is 7.45. The molecular weight excluding hydrogens is 214 g/mol. The first-order valence-electron chi connectivity index (χ1n) is 6.06. The van der Waals surface area contributed by atoms with Crippen LogP contribution in [0.2, 0.25) is 0 Å². The fraction of sp³-hybridized carbons (Fsp3) is 0.462. The molecule has 0 bridgehead atoms. The normalized spacial score (nSPS) is 17.7. The van der Waals surface area contributed by atoms with Gasteiger partial charge in [0.15, 0.2) is 0 Å². The van der Waals surface area contributed by atoms with Crippen molar-refractivity contribution < 1.29 is 4.74 Å². The Kier molecular flexibility index (Phi) is 2.82. The molecule has 90 valence electrons. The molecule has 3 rings (SSSR count). The molecule has 4 heteroatoms. The molecule has 0 saturated carbocycles. The van der Waals surface area contributed by atoms with Crippen LogP contribution in [0.3, 0.4) is 0 Å². The summed E-state index contributed by atoms with van der Waals surface area (Å²) in [5.41, 5.74) is 3.43. The van der Waals surface area contributed by atoms with Gasteiger partial charge in [0.2, 0.25) is 0 Å². The molecule has 2 aromatic heterocycles. The summed E-state index contributed by atoms with van der Waals surface area (Å²) in [4.78, 5) is 7.08. The van der Waals surface area contributed by atoms with Crippen molar-refractivity contribution in [3.63, 3.8) is 0 Å². The molecule has 0 aliphatic carbocycles. The van der Waals surface area contributed by atoms with Crippen LogP contribution in [0.25, 0.3) is 5.65 Å². The Hall–Kier alpha value is -1.39. The van der Waals surface area contributed by atoms with E-state index in [1.807, 2.05) is 0 Å². The van der Waals surface area contributed by atoms with Crippen LogP contribution in [0.1, 0.15) is 11.3 Å². The number of fused-ring (bicyclic) bond motifs is 1. The van der Waals surface area contributed by atoms with Gasteiger partial charge in [-0.15, -0.1) is 0 Å². The lowest BCUT2D eigenvalue weighted by molar-refractivity contribution is 0.0337. The minimum absolute atomic E-state index is 0.840. The van der Waals surface area contributed by atoms with Gasteiger partial charge < -0.3 is 9.14 Å². The van der Waals surface area contributed by atoms with Crippen LogP contribution in [0.15, 0.2) is 24.5 Å². The Balaban J connectivity index is 1.83. The van der Waals surface area contributed by atoms with E-state index in [0.29, 0.717) is 0 Å². The second-order valence-electron chi connectivity index (χ2n) is 4.54. The average Bonchev–Trinajstić information content (AvgIpc) is 2.74. The Labute approximate surface area is 101 Å². The van der Waals surface area contributed by atoms with Crippen molar-refractivity contribution in [1.29, 1.82) is 0 Å². The SMILES string of the molecule is Cc1cccn2cc(CN3CCOCC3)nc12. The van der Waals surface area contributed by atoms with Crippen LogP contribution in [0, 0.1) is 6.92 Å². The van der Waals surface area contributed by atoms with Crippen LogP contribution in [0.4, 0.5) is 0 Å². The van der Waals surface area contributed by atoms with Crippen molar-refractivity contribution >= 4 is 5.65 Å². The molecule has 3 heterocycles. The third-order valence-corrected chi connectivity index (χ3v) is 3.22. The van der Waals surface area contributed by atoms with Crippen LogP contribution >= 0.6 is 0 Å². The standard InChI is InChI=1S/C13H17N3O/c1-11-3-2-4-16-10-12(14-13(11)16)9-15-5-7-17-8-6-15/h2-4,10H,5-9H2,1H3. The number of rotatable bonds is 2. The number of aromatic nitrogens is 2. The number of hydrogen-bond donors (Lipinski definition) is 0. The molecule has 1 aliphatic rings. The van der Waals surface area contributed by atoms with Crippen molar-refractivity contribution in [1.82, 2.24) is 14.3 Å². The first-order chi connectivity index (χ1) is 8.33. The van der Waals surface area contributed by atoms with Crippen LogP contribution < -0.4 is 0 Å². The smallest absolute Gasteiger partial charge is 0.139 e. The van der Waals surface area contributed by atoms with Gasteiger partial charge in [-0.2, -0.15) is 0 Å². The third kappa shape index (κ3) is 2.18. The van der Waals surface area contributed by atoms with Gasteiger partial charge in [0.1, 0.15) is 5.65 Å². The topological polar surface area (TPSA) is 29.8 Å². The quantitative estimate of drug-likeness (QED) is 0.784. The minimum atomic E-state index is 0.840. The number of hydrogen-bond acceptors (Lipinski definition) is 3. The monoisotopic (exact) mass is 231 g/mol. The van der Waals surface area contributed by atoms with Crippen LogP contribution in [-0.4, -0.2) is 40.6 Å². The number of ether oxygens (including phenoxy) is 1. The van der Waals surface area contributed by atoms with Crippen LogP contribution in [-0.2, 0) is 11.3 Å². The largest absolute Gasteiger partial charge is 0.379 e. The van der Waals surface area contributed by atoms with E-state index in [0.717, 1.165) is 44.2 Å². The summed E-state index contributed by atoms with van der Waals surface area (Å²) >= 11 is 0. The van der Waals surface area contributed by atoms with Gasteiger partial charge in [0.05, 0.1) is 18.9 Å². The van der Waals surface area contributed by atoms with E-state index in [4.69, 9.17) is 4.74 Å². The molecule has 0 atom stereocenters. The lowest BCUT2D eigenvalue weighted by atomic mass is 10.3. The number of imidazole rings is 1. The summed E-state index contributed by atoms with van der Waals surface area (Å²) in [5, 5.41) is 0. The Morgan fingerprint density at radius 2 is 2.18 bits per heavy atom. The van der Waals surface area contributed by atoms with E-state index in [1.54, 1.807) is 0 Å². The molecule has 0 spiro atoms. The molecule has 0 N–H and O–H groups in total. The summed E-state index contributed by atoms with van der Waals surface area (Å²) in [6, 6.07) is 4.16. The zero-order chi connectivity index (χ0) is 11.7. The Morgan fingerprint density at radius 3 is 2.94 bits per heavy atom. The molecule has 0 unspecified atom stereocenters. The highest BCUT2D eigenvalue weighted by molar-refractivity contribution is 5.47. The highest BCUT2D eigenvalue weighted by atomic mass is 16.5. The van der Waals surface area contributed by atoms with Gasteiger partial charge in [-0.05, 0) is 18.6 Å². The fourth-order valence-electron chi connectivity index (χ4n) is 2.27. The minimum Gasteiger partial charge on any atom is -0.379 e. The van der Waals surface area contributed by atoms with E-state index in [2.05, 4.69) is 45.7 Å². The fourth-order valence-corrected chi connectivity index (χ4v) is 2.27. The van der Waals surface area contributed by atoms with Crippen molar-refractivity contribution in [2.24, 2.45) is 0 Å². The van der Waals surface area contributed by atoms with Crippen molar-refractivity contribution in [2.75, 3.05) is 26.3 Å². The number of pyridine rings is 1. The lowest BCUT2D eigenvalue weighted by Crippen LogP contribution is -2.35. The number of nitrogens with zero attached hydrogens (tertiary/aromatic N) is 3. The predicted molar refractivity (Wildman–Crippen MR) is 66.0 cm³/mol. The molecule has 0 amide bonds. The maximum Gasteiger partial charge on any atom is 0.139 e. The number of aryl methyl sites for hydroxylation is 1. The summed E-state index contributed by atoms with van der Waals surface area (Å²) in [5.74, 6) is 0. The first-order valence-corrected chi connectivity index (χ1v) is 6.06. The van der Waals surface area contributed by atoms with E-state index in [9.17, 15) is 0 Å².